The number of hydrogen-bond donors (Lipinski definition) is 4. The molecule has 1 aromatic heterocycles. The number of urea groups is 1. The summed E-state index contributed by atoms with van der Waals surface area (Å²) < 4.78 is 5.25. The van der Waals surface area contributed by atoms with Crippen molar-refractivity contribution < 1.29 is 19.1 Å². The minimum Gasteiger partial charge on any atom is -0.466 e. The fourth-order valence-corrected chi connectivity index (χ4v) is 3.06. The normalized spacial score (nSPS) is 11.3. The molecule has 150 valence electrons. The SMILES string of the molecule is CCOC(=O)CCNC(=O)[C@H](Cc1ccccc1)NC(=O)Nc1n[nH]c(=S)s1. The van der Waals surface area contributed by atoms with Crippen LogP contribution in [0.1, 0.15) is 18.9 Å². The first-order chi connectivity index (χ1) is 13.5. The van der Waals surface area contributed by atoms with Gasteiger partial charge in [-0.15, -0.1) is 5.10 Å². The van der Waals surface area contributed by atoms with Crippen LogP contribution in [0.5, 0.6) is 0 Å². The number of carbonyl (C=O) groups excluding carboxylic acids is 3. The van der Waals surface area contributed by atoms with Crippen molar-refractivity contribution in [3.63, 3.8) is 0 Å². The molecule has 28 heavy (non-hydrogen) atoms. The lowest BCUT2D eigenvalue weighted by Gasteiger charge is -2.18. The zero-order chi connectivity index (χ0) is 20.4. The lowest BCUT2D eigenvalue weighted by molar-refractivity contribution is -0.143. The van der Waals surface area contributed by atoms with Gasteiger partial charge in [-0.3, -0.25) is 20.0 Å². The number of anilines is 1. The third-order valence-corrected chi connectivity index (χ3v) is 4.50. The molecule has 0 aliphatic carbocycles. The number of H-pyrrole nitrogens is 1. The Kier molecular flexibility index (Phi) is 8.56. The molecular formula is C17H21N5O4S2. The van der Waals surface area contributed by atoms with Gasteiger partial charge in [0.2, 0.25) is 11.0 Å². The molecule has 1 atom stereocenters. The van der Waals surface area contributed by atoms with E-state index in [-0.39, 0.29) is 26.0 Å². The minimum absolute atomic E-state index is 0.0559. The summed E-state index contributed by atoms with van der Waals surface area (Å²) in [5.74, 6) is -0.800. The minimum atomic E-state index is -0.837. The molecular weight excluding hydrogens is 402 g/mol. The summed E-state index contributed by atoms with van der Waals surface area (Å²) in [5.41, 5.74) is 0.878. The molecule has 9 nitrogen and oxygen atoms in total. The quantitative estimate of drug-likeness (QED) is 0.361. The van der Waals surface area contributed by atoms with E-state index in [0.29, 0.717) is 9.09 Å². The van der Waals surface area contributed by atoms with E-state index < -0.39 is 23.9 Å². The second kappa shape index (κ2) is 11.1. The zero-order valence-corrected chi connectivity index (χ0v) is 16.8. The molecule has 2 aromatic rings. The first kappa shape index (κ1) is 21.5. The van der Waals surface area contributed by atoms with Crippen LogP contribution >= 0.6 is 23.6 Å². The lowest BCUT2D eigenvalue weighted by Crippen LogP contribution is -2.49. The second-order valence-electron chi connectivity index (χ2n) is 5.61. The van der Waals surface area contributed by atoms with Crippen LogP contribution in [-0.2, 0) is 20.7 Å². The Bertz CT molecular complexity index is 852. The summed E-state index contributed by atoms with van der Waals surface area (Å²) in [6.45, 7) is 2.11. The third-order valence-electron chi connectivity index (χ3n) is 3.50. The third kappa shape index (κ3) is 7.45. The maximum Gasteiger partial charge on any atom is 0.321 e. The molecule has 3 amide bonds. The van der Waals surface area contributed by atoms with E-state index >= 15 is 0 Å². The Morgan fingerprint density at radius 3 is 2.68 bits per heavy atom. The van der Waals surface area contributed by atoms with E-state index in [1.54, 1.807) is 6.92 Å². The van der Waals surface area contributed by atoms with E-state index in [9.17, 15) is 14.4 Å². The predicted molar refractivity (Wildman–Crippen MR) is 108 cm³/mol. The van der Waals surface area contributed by atoms with Gasteiger partial charge in [-0.05, 0) is 24.7 Å². The van der Waals surface area contributed by atoms with Crippen LogP contribution in [0, 0.1) is 3.95 Å². The standard InChI is InChI=1S/C17H21N5O4S2/c1-2-26-13(23)8-9-18-14(24)12(10-11-6-4-3-5-7-11)19-15(25)20-16-21-22-17(27)28-16/h3-7,12H,2,8-10H2,1H3,(H,18,24)(H,22,27)(H2,19,20,21,25)/t12-/m0/s1. The summed E-state index contributed by atoms with van der Waals surface area (Å²) in [6, 6.07) is 7.86. The molecule has 0 bridgehead atoms. The largest absolute Gasteiger partial charge is 0.466 e. The van der Waals surface area contributed by atoms with Crippen molar-refractivity contribution in [2.45, 2.75) is 25.8 Å². The number of aromatic nitrogens is 2. The van der Waals surface area contributed by atoms with Crippen LogP contribution in [0.25, 0.3) is 0 Å². The first-order valence-corrected chi connectivity index (χ1v) is 9.80. The van der Waals surface area contributed by atoms with Gasteiger partial charge >= 0.3 is 12.0 Å². The van der Waals surface area contributed by atoms with Crippen molar-refractivity contribution in [2.24, 2.45) is 0 Å². The highest BCUT2D eigenvalue weighted by Crippen LogP contribution is 2.10. The Hall–Kier alpha value is -2.79. The fourth-order valence-electron chi connectivity index (χ4n) is 2.28. The average molecular weight is 424 g/mol. The average Bonchev–Trinajstić information content (AvgIpc) is 3.06. The molecule has 11 heteroatoms. The number of aromatic amines is 1. The van der Waals surface area contributed by atoms with E-state index in [2.05, 4.69) is 26.1 Å². The molecule has 2 rings (SSSR count). The van der Waals surface area contributed by atoms with Crippen LogP contribution < -0.4 is 16.0 Å². The molecule has 0 unspecified atom stereocenters. The van der Waals surface area contributed by atoms with Crippen LogP contribution in [0.3, 0.4) is 0 Å². The molecule has 0 fully saturated rings. The van der Waals surface area contributed by atoms with Gasteiger partial charge in [-0.2, -0.15) is 0 Å². The number of nitrogens with one attached hydrogen (secondary N) is 4. The highest BCUT2D eigenvalue weighted by Gasteiger charge is 2.22. The number of esters is 1. The maximum absolute atomic E-state index is 12.5. The van der Waals surface area contributed by atoms with E-state index in [4.69, 9.17) is 17.0 Å². The molecule has 4 N–H and O–H groups in total. The molecule has 0 spiro atoms. The molecule has 0 radical (unpaired) electrons. The highest BCUT2D eigenvalue weighted by molar-refractivity contribution is 7.73. The summed E-state index contributed by atoms with van der Waals surface area (Å²) in [6.07, 6.45) is 0.343. The van der Waals surface area contributed by atoms with Gasteiger partial charge in [-0.25, -0.2) is 4.79 Å². The molecule has 1 heterocycles. The van der Waals surface area contributed by atoms with Crippen molar-refractivity contribution in [1.82, 2.24) is 20.8 Å². The zero-order valence-electron chi connectivity index (χ0n) is 15.2. The molecule has 0 aliphatic heterocycles. The van der Waals surface area contributed by atoms with Crippen molar-refractivity contribution in [3.8, 4) is 0 Å². The van der Waals surface area contributed by atoms with Crippen LogP contribution in [0.2, 0.25) is 0 Å². The number of ether oxygens (including phenoxy) is 1. The van der Waals surface area contributed by atoms with Crippen molar-refractivity contribution in [3.05, 3.63) is 39.8 Å². The smallest absolute Gasteiger partial charge is 0.321 e. The summed E-state index contributed by atoms with van der Waals surface area (Å²) in [5, 5.41) is 14.5. The second-order valence-corrected chi connectivity index (χ2v) is 7.27. The summed E-state index contributed by atoms with van der Waals surface area (Å²) >= 11 is 6.02. The molecule has 0 saturated heterocycles. The number of amides is 3. The Balaban J connectivity index is 1.97. The van der Waals surface area contributed by atoms with Crippen LogP contribution in [0.15, 0.2) is 30.3 Å². The Morgan fingerprint density at radius 2 is 2.04 bits per heavy atom. The van der Waals surface area contributed by atoms with Crippen molar-refractivity contribution >= 4 is 46.6 Å². The van der Waals surface area contributed by atoms with Gasteiger partial charge < -0.3 is 15.4 Å². The number of benzene rings is 1. The maximum atomic E-state index is 12.5. The number of nitrogens with zero attached hydrogens (tertiary/aromatic N) is 1. The molecule has 0 aliphatic rings. The van der Waals surface area contributed by atoms with Gasteiger partial charge in [0.1, 0.15) is 6.04 Å². The summed E-state index contributed by atoms with van der Waals surface area (Å²) in [4.78, 5) is 36.2. The fraction of sp³-hybridized carbons (Fsp3) is 0.353. The Labute approximate surface area is 170 Å². The van der Waals surface area contributed by atoms with Crippen molar-refractivity contribution in [1.29, 1.82) is 0 Å². The van der Waals surface area contributed by atoms with Gasteiger partial charge in [-0.1, -0.05) is 41.7 Å². The van der Waals surface area contributed by atoms with Gasteiger partial charge in [0.25, 0.3) is 0 Å². The van der Waals surface area contributed by atoms with Gasteiger partial charge in [0.15, 0.2) is 3.95 Å². The number of rotatable bonds is 9. The van der Waals surface area contributed by atoms with Crippen molar-refractivity contribution in [2.75, 3.05) is 18.5 Å². The van der Waals surface area contributed by atoms with Crippen LogP contribution in [-0.4, -0.2) is 47.3 Å². The van der Waals surface area contributed by atoms with E-state index in [1.807, 2.05) is 30.3 Å². The van der Waals surface area contributed by atoms with Gasteiger partial charge in [0, 0.05) is 13.0 Å². The van der Waals surface area contributed by atoms with Gasteiger partial charge in [0.05, 0.1) is 13.0 Å². The highest BCUT2D eigenvalue weighted by atomic mass is 32.1. The predicted octanol–water partition coefficient (Wildman–Crippen LogP) is 2.00. The lowest BCUT2D eigenvalue weighted by atomic mass is 10.1. The molecule has 0 saturated carbocycles. The van der Waals surface area contributed by atoms with E-state index in [1.165, 1.54) is 0 Å². The Morgan fingerprint density at radius 1 is 1.29 bits per heavy atom. The summed E-state index contributed by atoms with van der Waals surface area (Å²) in [7, 11) is 0. The monoisotopic (exact) mass is 423 g/mol. The topological polar surface area (TPSA) is 125 Å². The first-order valence-electron chi connectivity index (χ1n) is 8.58. The van der Waals surface area contributed by atoms with E-state index in [0.717, 1.165) is 16.9 Å². The molecule has 1 aromatic carbocycles. The van der Waals surface area contributed by atoms with Crippen LogP contribution in [0.4, 0.5) is 9.93 Å². The number of hydrogen-bond acceptors (Lipinski definition) is 7. The number of carbonyl (C=O) groups is 3.